The van der Waals surface area contributed by atoms with E-state index in [1.165, 1.54) is 66.1 Å². The first-order valence-electron chi connectivity index (χ1n) is 15.5. The Morgan fingerprint density at radius 1 is 0.311 bits per heavy atom. The Morgan fingerprint density at radius 2 is 0.844 bits per heavy atom. The molecule has 1 nitrogen and oxygen atoms in total. The van der Waals surface area contributed by atoms with Gasteiger partial charge in [-0.3, -0.25) is 0 Å². The van der Waals surface area contributed by atoms with Crippen LogP contribution < -0.4 is 4.90 Å². The van der Waals surface area contributed by atoms with Crippen LogP contribution in [0.4, 0.5) is 17.1 Å². The van der Waals surface area contributed by atoms with Gasteiger partial charge in [-0.05, 0) is 97.1 Å². The maximum atomic E-state index is 2.40. The van der Waals surface area contributed by atoms with Crippen LogP contribution in [-0.2, 0) is 0 Å². The molecule has 0 radical (unpaired) electrons. The lowest BCUT2D eigenvalue weighted by atomic mass is 9.92. The maximum absolute atomic E-state index is 2.40. The second-order valence-electron chi connectivity index (χ2n) is 11.7. The smallest absolute Gasteiger partial charge is 0.0540 e. The highest BCUT2D eigenvalue weighted by Crippen LogP contribution is 2.50. The molecule has 8 aromatic rings. The van der Waals surface area contributed by atoms with E-state index in [1.54, 1.807) is 0 Å². The van der Waals surface area contributed by atoms with E-state index in [4.69, 9.17) is 0 Å². The molecule has 0 atom stereocenters. The number of hydrogen-bond donors (Lipinski definition) is 0. The number of para-hydroxylation sites is 1. The van der Waals surface area contributed by atoms with E-state index in [0.29, 0.717) is 0 Å². The predicted octanol–water partition coefficient (Wildman–Crippen LogP) is 12.4. The maximum Gasteiger partial charge on any atom is 0.0540 e. The van der Waals surface area contributed by atoms with Gasteiger partial charge in [0.25, 0.3) is 0 Å². The van der Waals surface area contributed by atoms with Gasteiger partial charge in [0, 0.05) is 16.8 Å². The van der Waals surface area contributed by atoms with Gasteiger partial charge in [-0.1, -0.05) is 140 Å². The summed E-state index contributed by atoms with van der Waals surface area (Å²) in [7, 11) is 0. The molecule has 0 bridgehead atoms. The van der Waals surface area contributed by atoms with Gasteiger partial charge in [-0.2, -0.15) is 0 Å². The number of hydrogen-bond acceptors (Lipinski definition) is 1. The minimum Gasteiger partial charge on any atom is -0.310 e. The molecule has 45 heavy (non-hydrogen) atoms. The molecular weight excluding hydrogens is 542 g/mol. The van der Waals surface area contributed by atoms with Crippen molar-refractivity contribution < 1.29 is 0 Å². The van der Waals surface area contributed by atoms with E-state index in [9.17, 15) is 0 Å². The second kappa shape index (κ2) is 10.4. The average molecular weight is 572 g/mol. The Kier molecular flexibility index (Phi) is 5.89. The summed E-state index contributed by atoms with van der Waals surface area (Å²) in [5, 5.41) is 5.05. The number of fused-ring (bicyclic) bond motifs is 6. The van der Waals surface area contributed by atoms with Gasteiger partial charge in [0.05, 0.1) is 5.69 Å². The van der Waals surface area contributed by atoms with Gasteiger partial charge in [0.1, 0.15) is 0 Å². The minimum atomic E-state index is 1.13. The van der Waals surface area contributed by atoms with Gasteiger partial charge in [-0.25, -0.2) is 0 Å². The summed E-state index contributed by atoms with van der Waals surface area (Å²) < 4.78 is 0. The highest BCUT2D eigenvalue weighted by atomic mass is 15.1. The summed E-state index contributed by atoms with van der Waals surface area (Å²) >= 11 is 0. The molecule has 0 heterocycles. The van der Waals surface area contributed by atoms with Crippen LogP contribution in [0.2, 0.25) is 0 Å². The van der Waals surface area contributed by atoms with Gasteiger partial charge < -0.3 is 4.90 Å². The third kappa shape index (κ3) is 4.17. The average Bonchev–Trinajstić information content (AvgIpc) is 3.24. The molecule has 0 spiro atoms. The van der Waals surface area contributed by atoms with Crippen LogP contribution in [0, 0.1) is 0 Å². The number of benzene rings is 8. The summed E-state index contributed by atoms with van der Waals surface area (Å²) in [4.78, 5) is 2.40. The lowest BCUT2D eigenvalue weighted by Crippen LogP contribution is -2.10. The van der Waals surface area contributed by atoms with Crippen LogP contribution in [0.3, 0.4) is 0 Å². The highest BCUT2D eigenvalue weighted by Gasteiger charge is 2.24. The Hall–Kier alpha value is -5.92. The van der Waals surface area contributed by atoms with Crippen molar-refractivity contribution in [1.29, 1.82) is 0 Å². The summed E-state index contributed by atoms with van der Waals surface area (Å²) in [6, 6.07) is 64.0. The third-order valence-corrected chi connectivity index (χ3v) is 9.21. The molecule has 0 aliphatic heterocycles. The molecule has 1 aliphatic rings. The quantitative estimate of drug-likeness (QED) is 0.203. The summed E-state index contributed by atoms with van der Waals surface area (Å²) in [6.45, 7) is 0. The van der Waals surface area contributed by atoms with Crippen molar-refractivity contribution in [2.45, 2.75) is 0 Å². The number of nitrogens with zero attached hydrogens (tertiary/aromatic N) is 1. The minimum absolute atomic E-state index is 1.13. The molecule has 0 unspecified atom stereocenters. The van der Waals surface area contributed by atoms with Crippen LogP contribution in [0.5, 0.6) is 0 Å². The molecule has 0 amide bonds. The van der Waals surface area contributed by atoms with Crippen LogP contribution in [0.15, 0.2) is 176 Å². The lowest BCUT2D eigenvalue weighted by molar-refractivity contribution is 1.30. The van der Waals surface area contributed by atoms with E-state index >= 15 is 0 Å². The first-order valence-corrected chi connectivity index (χ1v) is 15.5. The zero-order valence-corrected chi connectivity index (χ0v) is 24.7. The highest BCUT2D eigenvalue weighted by molar-refractivity contribution is 6.17. The van der Waals surface area contributed by atoms with Crippen molar-refractivity contribution in [2.75, 3.05) is 4.90 Å². The zero-order valence-electron chi connectivity index (χ0n) is 24.7. The Balaban J connectivity index is 1.25. The number of rotatable bonds is 4. The fourth-order valence-corrected chi connectivity index (χ4v) is 7.12. The molecule has 0 saturated heterocycles. The summed E-state index contributed by atoms with van der Waals surface area (Å²) in [5.74, 6) is 0. The van der Waals surface area contributed by atoms with Crippen molar-refractivity contribution in [1.82, 2.24) is 0 Å². The molecule has 1 aliphatic carbocycles. The van der Waals surface area contributed by atoms with Crippen molar-refractivity contribution in [3.8, 4) is 44.5 Å². The molecule has 0 saturated carbocycles. The normalized spacial score (nSPS) is 11.6. The third-order valence-electron chi connectivity index (χ3n) is 9.21. The molecule has 1 heteroatoms. The fourth-order valence-electron chi connectivity index (χ4n) is 7.12. The monoisotopic (exact) mass is 571 g/mol. The van der Waals surface area contributed by atoms with Crippen molar-refractivity contribution in [2.24, 2.45) is 0 Å². The Morgan fingerprint density at radius 3 is 1.56 bits per heavy atom. The number of anilines is 3. The molecular formula is C44H29N. The van der Waals surface area contributed by atoms with Gasteiger partial charge in [-0.15, -0.1) is 0 Å². The molecule has 8 aromatic carbocycles. The van der Waals surface area contributed by atoms with Crippen LogP contribution >= 0.6 is 0 Å². The van der Waals surface area contributed by atoms with Crippen molar-refractivity contribution in [3.05, 3.63) is 176 Å². The Labute approximate surface area is 263 Å². The van der Waals surface area contributed by atoms with Gasteiger partial charge in [0.15, 0.2) is 0 Å². The zero-order chi connectivity index (χ0) is 29.7. The van der Waals surface area contributed by atoms with Crippen molar-refractivity contribution >= 4 is 38.6 Å². The van der Waals surface area contributed by atoms with E-state index in [-0.39, 0.29) is 0 Å². The van der Waals surface area contributed by atoms with Crippen LogP contribution in [0.25, 0.3) is 66.1 Å². The molecule has 210 valence electrons. The molecule has 0 aromatic heterocycles. The summed E-state index contributed by atoms with van der Waals surface area (Å²) in [6.07, 6.45) is 0. The standard InChI is InChI=1S/C44H29N/c1-2-13-34(14-3-1)45(35-25-23-31(24-26-35)33-22-21-30-11-4-5-12-32(30)29-33)43-28-27-41-39-18-9-7-16-37(39)36-15-6-8-17-38(36)40-19-10-20-42(43)44(40)41/h1-29H. The van der Waals surface area contributed by atoms with Crippen LogP contribution in [-0.4, -0.2) is 0 Å². The van der Waals surface area contributed by atoms with Crippen LogP contribution in [0.1, 0.15) is 0 Å². The molecule has 0 fully saturated rings. The van der Waals surface area contributed by atoms with Gasteiger partial charge in [0.2, 0.25) is 0 Å². The largest absolute Gasteiger partial charge is 0.310 e. The van der Waals surface area contributed by atoms with Gasteiger partial charge >= 0.3 is 0 Å². The first kappa shape index (κ1) is 25.6. The topological polar surface area (TPSA) is 3.24 Å². The molecule has 0 N–H and O–H groups in total. The first-order chi connectivity index (χ1) is 22.3. The van der Waals surface area contributed by atoms with Crippen molar-refractivity contribution in [3.63, 3.8) is 0 Å². The van der Waals surface area contributed by atoms with E-state index < -0.39 is 0 Å². The predicted molar refractivity (Wildman–Crippen MR) is 191 cm³/mol. The van der Waals surface area contributed by atoms with E-state index in [0.717, 1.165) is 17.1 Å². The SMILES string of the molecule is c1ccc(N(c2ccc(-c3ccc4ccccc4c3)cc2)c2ccc3c4c(cccc24)-c2ccccc2-c2ccccc2-3)cc1. The van der Waals surface area contributed by atoms with E-state index in [2.05, 4.69) is 181 Å². The summed E-state index contributed by atoms with van der Waals surface area (Å²) in [5.41, 5.74) is 13.5. The lowest BCUT2D eigenvalue weighted by Gasteiger charge is -2.28. The molecule has 9 rings (SSSR count). The Bertz CT molecular complexity index is 2320. The van der Waals surface area contributed by atoms with E-state index in [1.807, 2.05) is 0 Å². The second-order valence-corrected chi connectivity index (χ2v) is 11.7. The fraction of sp³-hybridized carbons (Fsp3) is 0.